The predicted molar refractivity (Wildman–Crippen MR) is 86.1 cm³/mol. The van der Waals surface area contributed by atoms with Gasteiger partial charge < -0.3 is 4.57 Å². The SMILES string of the molecule is O=S1(=O)CCC(n2c(CCCl)nc3c(Cl)cccc32)CC1. The summed E-state index contributed by atoms with van der Waals surface area (Å²) >= 11 is 12.1. The fourth-order valence-corrected chi connectivity index (χ4v) is 4.78. The number of aromatic nitrogens is 2. The van der Waals surface area contributed by atoms with E-state index >= 15 is 0 Å². The molecule has 1 aliphatic heterocycles. The molecule has 1 saturated heterocycles. The Kier molecular flexibility index (Phi) is 4.17. The molecule has 114 valence electrons. The fraction of sp³-hybridized carbons (Fsp3) is 0.500. The molecule has 3 rings (SSSR count). The molecule has 4 nitrogen and oxygen atoms in total. The van der Waals surface area contributed by atoms with Crippen LogP contribution in [0.25, 0.3) is 11.0 Å². The number of hydrogen-bond donors (Lipinski definition) is 0. The van der Waals surface area contributed by atoms with E-state index < -0.39 is 9.84 Å². The molecule has 1 fully saturated rings. The van der Waals surface area contributed by atoms with Crippen molar-refractivity contribution in [3.8, 4) is 0 Å². The number of hydrogen-bond acceptors (Lipinski definition) is 3. The van der Waals surface area contributed by atoms with Gasteiger partial charge in [0.15, 0.2) is 0 Å². The fourth-order valence-electron chi connectivity index (χ4n) is 2.94. The molecule has 0 bridgehead atoms. The van der Waals surface area contributed by atoms with E-state index in [9.17, 15) is 8.42 Å². The van der Waals surface area contributed by atoms with Crippen molar-refractivity contribution in [1.82, 2.24) is 9.55 Å². The van der Waals surface area contributed by atoms with E-state index in [4.69, 9.17) is 23.2 Å². The van der Waals surface area contributed by atoms with Gasteiger partial charge in [-0.3, -0.25) is 0 Å². The largest absolute Gasteiger partial charge is 0.325 e. The van der Waals surface area contributed by atoms with Crippen molar-refractivity contribution in [1.29, 1.82) is 0 Å². The summed E-state index contributed by atoms with van der Waals surface area (Å²) in [5.74, 6) is 1.83. The van der Waals surface area contributed by atoms with Crippen LogP contribution in [0.1, 0.15) is 24.7 Å². The van der Waals surface area contributed by atoms with Crippen LogP contribution in [0.15, 0.2) is 18.2 Å². The molecular formula is C14H16Cl2N2O2S. The zero-order valence-electron chi connectivity index (χ0n) is 11.4. The highest BCUT2D eigenvalue weighted by molar-refractivity contribution is 7.91. The van der Waals surface area contributed by atoms with E-state index in [-0.39, 0.29) is 17.5 Å². The predicted octanol–water partition coefficient (Wildman–Crippen LogP) is 3.22. The van der Waals surface area contributed by atoms with Gasteiger partial charge in [-0.05, 0) is 25.0 Å². The number of benzene rings is 1. The van der Waals surface area contributed by atoms with Crippen molar-refractivity contribution in [2.24, 2.45) is 0 Å². The van der Waals surface area contributed by atoms with Crippen LogP contribution in [0.2, 0.25) is 5.02 Å². The highest BCUT2D eigenvalue weighted by Crippen LogP contribution is 2.32. The van der Waals surface area contributed by atoms with Gasteiger partial charge in [-0.15, -0.1) is 11.6 Å². The second-order valence-electron chi connectivity index (χ2n) is 5.33. The third-order valence-corrected chi connectivity index (χ3v) is 6.16. The molecular weight excluding hydrogens is 331 g/mol. The summed E-state index contributed by atoms with van der Waals surface area (Å²) in [6.07, 6.45) is 1.89. The number of halogens is 2. The highest BCUT2D eigenvalue weighted by Gasteiger charge is 2.27. The van der Waals surface area contributed by atoms with Crippen LogP contribution in [0.5, 0.6) is 0 Å². The topological polar surface area (TPSA) is 52.0 Å². The van der Waals surface area contributed by atoms with Crippen molar-refractivity contribution in [3.63, 3.8) is 0 Å². The minimum atomic E-state index is -2.88. The normalized spacial score (nSPS) is 19.1. The first-order valence-corrected chi connectivity index (χ1v) is 9.67. The summed E-state index contributed by atoms with van der Waals surface area (Å²) in [6.45, 7) is 0. The Hall–Kier alpha value is -0.780. The van der Waals surface area contributed by atoms with Crippen LogP contribution < -0.4 is 0 Å². The van der Waals surface area contributed by atoms with Crippen molar-refractivity contribution in [2.75, 3.05) is 17.4 Å². The molecule has 21 heavy (non-hydrogen) atoms. The van der Waals surface area contributed by atoms with E-state index in [1.165, 1.54) is 0 Å². The Balaban J connectivity index is 2.08. The van der Waals surface area contributed by atoms with Crippen LogP contribution in [-0.4, -0.2) is 35.4 Å². The summed E-state index contributed by atoms with van der Waals surface area (Å²) in [5, 5.41) is 0.616. The number of alkyl halides is 1. The summed E-state index contributed by atoms with van der Waals surface area (Å²) in [4.78, 5) is 4.61. The van der Waals surface area contributed by atoms with E-state index in [1.807, 2.05) is 18.2 Å². The van der Waals surface area contributed by atoms with Gasteiger partial charge >= 0.3 is 0 Å². The minimum Gasteiger partial charge on any atom is -0.325 e. The van der Waals surface area contributed by atoms with Gasteiger partial charge in [0, 0.05) is 18.3 Å². The monoisotopic (exact) mass is 346 g/mol. The molecule has 2 heterocycles. The highest BCUT2D eigenvalue weighted by atomic mass is 35.5. The molecule has 1 aromatic carbocycles. The number of rotatable bonds is 3. The maximum atomic E-state index is 11.6. The first-order chi connectivity index (χ1) is 10.0. The zero-order valence-corrected chi connectivity index (χ0v) is 13.8. The molecule has 0 radical (unpaired) electrons. The minimum absolute atomic E-state index is 0.148. The Labute approximate surface area is 134 Å². The van der Waals surface area contributed by atoms with Gasteiger partial charge in [0.25, 0.3) is 0 Å². The zero-order chi connectivity index (χ0) is 15.0. The van der Waals surface area contributed by atoms with Gasteiger partial charge in [0.1, 0.15) is 21.2 Å². The quantitative estimate of drug-likeness (QED) is 0.801. The van der Waals surface area contributed by atoms with Crippen molar-refractivity contribution in [3.05, 3.63) is 29.0 Å². The first kappa shape index (κ1) is 15.1. The molecule has 1 aromatic heterocycles. The van der Waals surface area contributed by atoms with Crippen molar-refractivity contribution >= 4 is 44.1 Å². The smallest absolute Gasteiger partial charge is 0.150 e. The molecule has 2 aromatic rings. The lowest BCUT2D eigenvalue weighted by atomic mass is 10.1. The molecule has 0 atom stereocenters. The standard InChI is InChI=1S/C14H16Cl2N2O2S/c15-7-4-13-17-14-11(16)2-1-3-12(14)18(13)10-5-8-21(19,20)9-6-10/h1-3,10H,4-9H2. The lowest BCUT2D eigenvalue weighted by Gasteiger charge is -2.25. The molecule has 0 amide bonds. The lowest BCUT2D eigenvalue weighted by Crippen LogP contribution is -2.26. The number of nitrogens with zero attached hydrogens (tertiary/aromatic N) is 2. The Morgan fingerprint density at radius 3 is 2.67 bits per heavy atom. The van der Waals surface area contributed by atoms with Gasteiger partial charge in [0.2, 0.25) is 0 Å². The van der Waals surface area contributed by atoms with Gasteiger partial charge in [-0.2, -0.15) is 0 Å². The van der Waals surface area contributed by atoms with Gasteiger partial charge in [-0.1, -0.05) is 17.7 Å². The van der Waals surface area contributed by atoms with Crippen LogP contribution in [-0.2, 0) is 16.3 Å². The number of para-hydroxylation sites is 1. The Bertz CT molecular complexity index is 757. The van der Waals surface area contributed by atoms with Gasteiger partial charge in [0.05, 0.1) is 22.0 Å². The van der Waals surface area contributed by atoms with E-state index in [2.05, 4.69) is 9.55 Å². The third-order valence-electron chi connectivity index (χ3n) is 3.95. The lowest BCUT2D eigenvalue weighted by molar-refractivity contribution is 0.447. The van der Waals surface area contributed by atoms with Crippen LogP contribution in [0.3, 0.4) is 0 Å². The molecule has 0 aliphatic carbocycles. The van der Waals surface area contributed by atoms with Crippen molar-refractivity contribution in [2.45, 2.75) is 25.3 Å². The van der Waals surface area contributed by atoms with E-state index in [1.54, 1.807) is 0 Å². The van der Waals surface area contributed by atoms with E-state index in [0.717, 1.165) is 16.9 Å². The summed E-state index contributed by atoms with van der Waals surface area (Å²) < 4.78 is 25.4. The van der Waals surface area contributed by atoms with Crippen LogP contribution in [0.4, 0.5) is 0 Å². The molecule has 0 spiro atoms. The van der Waals surface area contributed by atoms with E-state index in [0.29, 0.717) is 30.2 Å². The maximum Gasteiger partial charge on any atom is 0.150 e. The molecule has 1 aliphatic rings. The van der Waals surface area contributed by atoms with Crippen molar-refractivity contribution < 1.29 is 8.42 Å². The third kappa shape index (κ3) is 2.91. The maximum absolute atomic E-state index is 11.6. The summed E-state index contributed by atoms with van der Waals surface area (Å²) in [5.41, 5.74) is 1.74. The summed E-state index contributed by atoms with van der Waals surface area (Å²) in [6, 6.07) is 5.84. The Morgan fingerprint density at radius 1 is 1.29 bits per heavy atom. The first-order valence-electron chi connectivity index (χ1n) is 6.93. The number of fused-ring (bicyclic) bond motifs is 1. The molecule has 7 heteroatoms. The number of imidazole rings is 1. The van der Waals surface area contributed by atoms with Crippen LogP contribution >= 0.6 is 23.2 Å². The number of sulfone groups is 1. The number of aryl methyl sites for hydroxylation is 1. The second-order valence-corrected chi connectivity index (χ2v) is 8.42. The average molecular weight is 347 g/mol. The van der Waals surface area contributed by atoms with Crippen LogP contribution in [0, 0.1) is 0 Å². The second kappa shape index (κ2) is 5.78. The Morgan fingerprint density at radius 2 is 2.00 bits per heavy atom. The molecule has 0 unspecified atom stereocenters. The molecule has 0 N–H and O–H groups in total. The summed E-state index contributed by atoms with van der Waals surface area (Å²) in [7, 11) is -2.88. The van der Waals surface area contributed by atoms with Gasteiger partial charge in [-0.25, -0.2) is 13.4 Å². The average Bonchev–Trinajstić information content (AvgIpc) is 2.79. The molecule has 0 saturated carbocycles.